The molecule has 3 aromatic heterocycles. The molecule has 15 aromatic carbocycles. The molecular weight excluding hydrogens is 1190 g/mol. The van der Waals surface area contributed by atoms with Crippen molar-refractivity contribution in [3.05, 3.63) is 364 Å². The average molecular weight is 1250 g/mol. The van der Waals surface area contributed by atoms with Crippen LogP contribution in [0.25, 0.3) is 127 Å². The minimum atomic E-state index is -0.249. The van der Waals surface area contributed by atoms with Gasteiger partial charge in [0.05, 0.1) is 39.0 Å². The van der Waals surface area contributed by atoms with E-state index in [2.05, 4.69) is 388 Å². The lowest BCUT2D eigenvalue weighted by Gasteiger charge is -2.46. The second-order valence-corrected chi connectivity index (χ2v) is 25.9. The van der Waals surface area contributed by atoms with Crippen molar-refractivity contribution in [1.82, 2.24) is 13.7 Å². The van der Waals surface area contributed by atoms with Gasteiger partial charge in [0.1, 0.15) is 0 Å². The van der Waals surface area contributed by atoms with Crippen molar-refractivity contribution in [1.29, 1.82) is 0 Å². The van der Waals surface area contributed by atoms with Crippen LogP contribution in [-0.2, 0) is 0 Å². The number of anilines is 6. The molecule has 0 fully saturated rings. The van der Waals surface area contributed by atoms with Crippen LogP contribution in [0.2, 0.25) is 0 Å². The molecule has 456 valence electrons. The number of benzene rings is 15. The van der Waals surface area contributed by atoms with Gasteiger partial charge in [-0.25, -0.2) is 0 Å². The summed E-state index contributed by atoms with van der Waals surface area (Å²) in [5, 5.41) is 6.05. The van der Waals surface area contributed by atoms with E-state index in [1.165, 1.54) is 37.9 Å². The van der Waals surface area contributed by atoms with Crippen LogP contribution in [-0.4, -0.2) is 20.4 Å². The summed E-state index contributed by atoms with van der Waals surface area (Å²) in [5.41, 5.74) is 30.7. The highest BCUT2D eigenvalue weighted by molar-refractivity contribution is 7.00. The van der Waals surface area contributed by atoms with E-state index in [1.54, 1.807) is 0 Å². The summed E-state index contributed by atoms with van der Waals surface area (Å²) in [6, 6.07) is 133. The molecule has 2 aliphatic rings. The van der Waals surface area contributed by atoms with Gasteiger partial charge in [0.15, 0.2) is 0 Å². The van der Waals surface area contributed by atoms with Crippen molar-refractivity contribution < 1.29 is 0 Å². The second-order valence-electron chi connectivity index (χ2n) is 25.9. The minimum Gasteiger partial charge on any atom is -0.317 e. The Hall–Kier alpha value is -12.9. The van der Waals surface area contributed by atoms with E-state index in [0.717, 1.165) is 140 Å². The molecule has 18 aromatic rings. The van der Waals surface area contributed by atoms with E-state index in [4.69, 9.17) is 0 Å². The van der Waals surface area contributed by atoms with E-state index in [-0.39, 0.29) is 6.71 Å². The smallest absolute Gasteiger partial charge is 0.252 e. The highest BCUT2D eigenvalue weighted by Crippen LogP contribution is 2.54. The fourth-order valence-corrected chi connectivity index (χ4v) is 16.4. The van der Waals surface area contributed by atoms with Crippen LogP contribution >= 0.6 is 0 Å². The van der Waals surface area contributed by atoms with Gasteiger partial charge < -0.3 is 23.5 Å². The first-order valence-corrected chi connectivity index (χ1v) is 33.8. The van der Waals surface area contributed by atoms with E-state index in [9.17, 15) is 0 Å². The van der Waals surface area contributed by atoms with Gasteiger partial charge in [-0.1, -0.05) is 267 Å². The van der Waals surface area contributed by atoms with Crippen molar-refractivity contribution in [2.75, 3.05) is 9.80 Å². The molecule has 5 nitrogen and oxygen atoms in total. The maximum Gasteiger partial charge on any atom is 0.252 e. The summed E-state index contributed by atoms with van der Waals surface area (Å²) in [6.07, 6.45) is 2.21. The summed E-state index contributed by atoms with van der Waals surface area (Å²) < 4.78 is 7.27. The van der Waals surface area contributed by atoms with Crippen LogP contribution in [0.5, 0.6) is 0 Å². The van der Waals surface area contributed by atoms with E-state index < -0.39 is 0 Å². The Morgan fingerprint density at radius 2 is 0.592 bits per heavy atom. The molecule has 0 unspecified atom stereocenters. The molecular formula is C92H60BN5. The Bertz CT molecular complexity index is 5650. The third-order valence-corrected chi connectivity index (χ3v) is 20.6. The molecule has 20 rings (SSSR count). The lowest BCUT2D eigenvalue weighted by atomic mass is 9.33. The summed E-state index contributed by atoms with van der Waals surface area (Å²) in [5.74, 6) is 0. The van der Waals surface area contributed by atoms with Crippen LogP contribution in [0.15, 0.2) is 364 Å². The SMILES string of the molecule is c1ccc(-c2cccc(-c3ccccc3)c2N2c3cc(-n4c5ccccc5c5ccccc54)ccc3B3c4ccc(-n5c6ccccc6c6ccccc65)cc4N(c4c(-c5ccccc5)cccc4-c4ccccc4)c4cc(-c5ccc6c(ccn6-c6ccccc6)c5)cc2c43)cc1. The van der Waals surface area contributed by atoms with Crippen molar-refractivity contribution in [2.45, 2.75) is 0 Å². The summed E-state index contributed by atoms with van der Waals surface area (Å²) in [6.45, 7) is -0.249. The maximum absolute atomic E-state index is 2.68. The summed E-state index contributed by atoms with van der Waals surface area (Å²) in [4.78, 5) is 5.36. The molecule has 0 saturated heterocycles. The van der Waals surface area contributed by atoms with Crippen molar-refractivity contribution in [3.63, 3.8) is 0 Å². The number of fused-ring (bicyclic) bond motifs is 11. The average Bonchev–Trinajstić information content (AvgIpc) is 1.12. The molecule has 0 aliphatic carbocycles. The van der Waals surface area contributed by atoms with Crippen LogP contribution in [0.1, 0.15) is 0 Å². The molecule has 0 amide bonds. The lowest BCUT2D eigenvalue weighted by molar-refractivity contribution is 1.13. The lowest BCUT2D eigenvalue weighted by Crippen LogP contribution is -2.61. The Labute approximate surface area is 568 Å². The third kappa shape index (κ3) is 8.61. The van der Waals surface area contributed by atoms with Gasteiger partial charge >= 0.3 is 0 Å². The van der Waals surface area contributed by atoms with Gasteiger partial charge in [-0.3, -0.25) is 0 Å². The van der Waals surface area contributed by atoms with Gasteiger partial charge in [-0.2, -0.15) is 0 Å². The monoisotopic (exact) mass is 1250 g/mol. The highest BCUT2D eigenvalue weighted by atomic mass is 15.2. The Morgan fingerprint density at radius 3 is 0.990 bits per heavy atom. The topological polar surface area (TPSA) is 21.3 Å². The zero-order valence-corrected chi connectivity index (χ0v) is 53.5. The normalized spacial score (nSPS) is 12.4. The molecule has 0 radical (unpaired) electrons. The molecule has 0 bridgehead atoms. The predicted molar refractivity (Wildman–Crippen MR) is 413 cm³/mol. The van der Waals surface area contributed by atoms with Gasteiger partial charge in [0.2, 0.25) is 0 Å². The van der Waals surface area contributed by atoms with E-state index in [1.807, 2.05) is 0 Å². The van der Waals surface area contributed by atoms with Gasteiger partial charge in [0.25, 0.3) is 6.71 Å². The second kappa shape index (κ2) is 22.4. The largest absolute Gasteiger partial charge is 0.317 e. The number of rotatable bonds is 10. The zero-order valence-electron chi connectivity index (χ0n) is 53.5. The third-order valence-electron chi connectivity index (χ3n) is 20.6. The van der Waals surface area contributed by atoms with Crippen LogP contribution in [0.3, 0.4) is 0 Å². The molecule has 0 saturated carbocycles. The number of aromatic nitrogens is 3. The Balaban J connectivity index is 0.962. The first-order chi connectivity index (χ1) is 48.7. The van der Waals surface area contributed by atoms with Crippen LogP contribution < -0.4 is 26.2 Å². The van der Waals surface area contributed by atoms with E-state index in [0.29, 0.717) is 0 Å². The number of hydrogen-bond acceptors (Lipinski definition) is 2. The van der Waals surface area contributed by atoms with Crippen molar-refractivity contribution >= 4 is 112 Å². The molecule has 0 atom stereocenters. The fourth-order valence-electron chi connectivity index (χ4n) is 16.4. The molecule has 98 heavy (non-hydrogen) atoms. The minimum absolute atomic E-state index is 0.249. The predicted octanol–water partition coefficient (Wildman–Crippen LogP) is 22.2. The van der Waals surface area contributed by atoms with Crippen LogP contribution in [0.4, 0.5) is 34.1 Å². The first kappa shape index (κ1) is 55.5. The van der Waals surface area contributed by atoms with E-state index >= 15 is 0 Å². The van der Waals surface area contributed by atoms with Crippen molar-refractivity contribution in [2.24, 2.45) is 0 Å². The fraction of sp³-hybridized carbons (Fsp3) is 0. The van der Waals surface area contributed by atoms with Gasteiger partial charge in [0, 0.05) is 95.2 Å². The standard InChI is InChI=1S/C92H60BN5/c1-6-26-61(27-7-1)71-40-24-41-72(62-28-8-2-9-29-62)91(71)97-86-59-69(95-82-44-20-16-36-75(82)76-37-17-21-45-83(76)95)49-51-79(86)93-80-52-50-70(96-84-46-22-18-38-77(84)78-39-19-23-47-85(78)96)60-87(80)98(92-73(63-30-10-3-11-31-63)42-25-43-74(92)64-32-12-4-13-33-64)89-58-67(57-88(97)90(89)93)65-48-53-81-66(56-65)54-55-94(81)68-34-14-5-15-35-68/h1-60H. The Kier molecular flexibility index (Phi) is 12.7. The quantitative estimate of drug-likeness (QED) is 0.127. The number of para-hydroxylation sites is 7. The molecule has 6 heteroatoms. The number of hydrogen-bond donors (Lipinski definition) is 0. The molecule has 0 N–H and O–H groups in total. The molecule has 0 spiro atoms. The summed E-state index contributed by atoms with van der Waals surface area (Å²) >= 11 is 0. The van der Waals surface area contributed by atoms with Crippen molar-refractivity contribution in [3.8, 4) is 72.7 Å². The molecule has 5 heterocycles. The number of nitrogens with zero attached hydrogens (tertiary/aromatic N) is 5. The zero-order chi connectivity index (χ0) is 64.4. The maximum atomic E-state index is 2.68. The summed E-state index contributed by atoms with van der Waals surface area (Å²) in [7, 11) is 0. The first-order valence-electron chi connectivity index (χ1n) is 33.8. The Morgan fingerprint density at radius 1 is 0.224 bits per heavy atom. The van der Waals surface area contributed by atoms with Gasteiger partial charge in [-0.05, 0) is 141 Å². The molecule has 2 aliphatic heterocycles. The van der Waals surface area contributed by atoms with Gasteiger partial charge in [-0.15, -0.1) is 0 Å². The highest BCUT2D eigenvalue weighted by Gasteiger charge is 2.46. The van der Waals surface area contributed by atoms with Crippen LogP contribution in [0, 0.1) is 0 Å².